The highest BCUT2D eigenvalue weighted by molar-refractivity contribution is 6.43. The molecule has 0 radical (unpaired) electrons. The van der Waals surface area contributed by atoms with Crippen LogP contribution in [-0.4, -0.2) is 4.98 Å². The average molecular weight is 268 g/mol. The van der Waals surface area contributed by atoms with Crippen molar-refractivity contribution in [3.8, 4) is 0 Å². The van der Waals surface area contributed by atoms with Crippen molar-refractivity contribution >= 4 is 34.8 Å². The Morgan fingerprint density at radius 1 is 1.33 bits per heavy atom. The van der Waals surface area contributed by atoms with Crippen LogP contribution in [0.15, 0.2) is 6.20 Å². The molecule has 0 fully saturated rings. The van der Waals surface area contributed by atoms with Crippen LogP contribution >= 0.6 is 34.8 Å². The Bertz CT molecular complexity index is 353. The van der Waals surface area contributed by atoms with Gasteiger partial charge in [-0.2, -0.15) is 0 Å². The summed E-state index contributed by atoms with van der Waals surface area (Å²) in [5.41, 5.74) is 6.70. The van der Waals surface area contributed by atoms with Gasteiger partial charge >= 0.3 is 0 Å². The first kappa shape index (κ1) is 13.0. The van der Waals surface area contributed by atoms with Crippen LogP contribution in [0.1, 0.15) is 31.9 Å². The molecule has 0 spiro atoms. The molecule has 1 aromatic heterocycles. The van der Waals surface area contributed by atoms with Crippen molar-refractivity contribution in [2.75, 3.05) is 0 Å². The molecule has 0 aliphatic rings. The summed E-state index contributed by atoms with van der Waals surface area (Å²) in [4.78, 5) is 3.85. The van der Waals surface area contributed by atoms with Gasteiger partial charge in [-0.15, -0.1) is 0 Å². The van der Waals surface area contributed by atoms with Crippen molar-refractivity contribution < 1.29 is 0 Å². The summed E-state index contributed by atoms with van der Waals surface area (Å²) in [6, 6.07) is -0.203. The fourth-order valence-electron chi connectivity index (χ4n) is 1.42. The zero-order valence-electron chi connectivity index (χ0n) is 8.60. The summed E-state index contributed by atoms with van der Waals surface area (Å²) < 4.78 is 0. The standard InChI is InChI=1S/C10H13Cl3N2/c1-5(2)3-7(14)8-6(11)4-15-10(13)9(8)12/h4-5,7H,3,14H2,1-2H3/t7-/m0/s1. The second-order valence-electron chi connectivity index (χ2n) is 3.86. The zero-order valence-corrected chi connectivity index (χ0v) is 10.9. The third kappa shape index (κ3) is 3.22. The van der Waals surface area contributed by atoms with Crippen LogP contribution < -0.4 is 5.73 Å². The van der Waals surface area contributed by atoms with Gasteiger partial charge in [-0.1, -0.05) is 48.7 Å². The second-order valence-corrected chi connectivity index (χ2v) is 5.00. The normalized spacial score (nSPS) is 13.3. The Balaban J connectivity index is 3.07. The van der Waals surface area contributed by atoms with E-state index in [4.69, 9.17) is 40.5 Å². The first-order valence-corrected chi connectivity index (χ1v) is 5.81. The summed E-state index contributed by atoms with van der Waals surface area (Å²) in [6.45, 7) is 4.18. The number of hydrogen-bond acceptors (Lipinski definition) is 2. The lowest BCUT2D eigenvalue weighted by atomic mass is 9.98. The Morgan fingerprint density at radius 3 is 2.47 bits per heavy atom. The third-order valence-electron chi connectivity index (χ3n) is 2.06. The fraction of sp³-hybridized carbons (Fsp3) is 0.500. The molecule has 0 bridgehead atoms. The van der Waals surface area contributed by atoms with Crippen molar-refractivity contribution in [1.82, 2.24) is 4.98 Å². The van der Waals surface area contributed by atoms with Gasteiger partial charge in [0.15, 0.2) is 0 Å². The molecule has 0 saturated carbocycles. The van der Waals surface area contributed by atoms with Crippen molar-refractivity contribution in [3.05, 3.63) is 27.0 Å². The predicted molar refractivity (Wildman–Crippen MR) is 65.7 cm³/mol. The van der Waals surface area contributed by atoms with E-state index in [0.29, 0.717) is 21.5 Å². The quantitative estimate of drug-likeness (QED) is 0.838. The van der Waals surface area contributed by atoms with Gasteiger partial charge in [0.05, 0.1) is 10.0 Å². The molecule has 0 saturated heterocycles. The number of pyridine rings is 1. The molecule has 2 nitrogen and oxygen atoms in total. The number of rotatable bonds is 3. The van der Waals surface area contributed by atoms with E-state index in [0.717, 1.165) is 6.42 Å². The van der Waals surface area contributed by atoms with Crippen LogP contribution in [-0.2, 0) is 0 Å². The van der Waals surface area contributed by atoms with E-state index >= 15 is 0 Å². The van der Waals surface area contributed by atoms with Crippen molar-refractivity contribution in [1.29, 1.82) is 0 Å². The van der Waals surface area contributed by atoms with Gasteiger partial charge in [0.25, 0.3) is 0 Å². The Kier molecular flexibility index (Phi) is 4.65. The van der Waals surface area contributed by atoms with Crippen LogP contribution in [0.2, 0.25) is 15.2 Å². The van der Waals surface area contributed by atoms with E-state index in [-0.39, 0.29) is 11.2 Å². The summed E-state index contributed by atoms with van der Waals surface area (Å²) in [7, 11) is 0. The molecule has 0 unspecified atom stereocenters. The summed E-state index contributed by atoms with van der Waals surface area (Å²) in [5.74, 6) is 0.471. The summed E-state index contributed by atoms with van der Waals surface area (Å²) >= 11 is 17.8. The monoisotopic (exact) mass is 266 g/mol. The minimum atomic E-state index is -0.203. The number of aromatic nitrogens is 1. The van der Waals surface area contributed by atoms with Crippen LogP contribution in [0, 0.1) is 5.92 Å². The minimum Gasteiger partial charge on any atom is -0.324 e. The molecule has 1 atom stereocenters. The average Bonchev–Trinajstić information content (AvgIpc) is 2.11. The first-order valence-electron chi connectivity index (χ1n) is 4.68. The smallest absolute Gasteiger partial charge is 0.148 e. The summed E-state index contributed by atoms with van der Waals surface area (Å²) in [6.07, 6.45) is 2.28. The van der Waals surface area contributed by atoms with Crippen molar-refractivity contribution in [3.63, 3.8) is 0 Å². The van der Waals surface area contributed by atoms with Crippen LogP contribution in [0.25, 0.3) is 0 Å². The number of halogens is 3. The van der Waals surface area contributed by atoms with Gasteiger partial charge in [-0.3, -0.25) is 0 Å². The van der Waals surface area contributed by atoms with Gasteiger partial charge in [0.2, 0.25) is 0 Å². The molecule has 1 rings (SSSR count). The highest BCUT2D eigenvalue weighted by atomic mass is 35.5. The maximum Gasteiger partial charge on any atom is 0.148 e. The molecule has 0 aromatic carbocycles. The lowest BCUT2D eigenvalue weighted by Gasteiger charge is -2.17. The molecular weight excluding hydrogens is 254 g/mol. The maximum atomic E-state index is 6.02. The molecule has 1 heterocycles. The molecule has 0 amide bonds. The lowest BCUT2D eigenvalue weighted by molar-refractivity contribution is 0.510. The van der Waals surface area contributed by atoms with Gasteiger partial charge in [0, 0.05) is 17.8 Å². The van der Waals surface area contributed by atoms with Crippen LogP contribution in [0.4, 0.5) is 0 Å². The van der Waals surface area contributed by atoms with Crippen LogP contribution in [0.3, 0.4) is 0 Å². The Hall–Kier alpha value is -0.0200. The maximum absolute atomic E-state index is 6.02. The van der Waals surface area contributed by atoms with Gasteiger partial charge in [-0.25, -0.2) is 4.98 Å². The highest BCUT2D eigenvalue weighted by Crippen LogP contribution is 2.35. The van der Waals surface area contributed by atoms with E-state index in [9.17, 15) is 0 Å². The van der Waals surface area contributed by atoms with E-state index in [1.54, 1.807) is 0 Å². The minimum absolute atomic E-state index is 0.203. The van der Waals surface area contributed by atoms with Gasteiger partial charge in [0.1, 0.15) is 5.15 Å². The third-order valence-corrected chi connectivity index (χ3v) is 3.13. The van der Waals surface area contributed by atoms with Gasteiger partial charge < -0.3 is 5.73 Å². The summed E-state index contributed by atoms with van der Waals surface area (Å²) in [5, 5.41) is 1.07. The second kappa shape index (κ2) is 5.35. The topological polar surface area (TPSA) is 38.9 Å². The predicted octanol–water partition coefficient (Wildman–Crippen LogP) is 4.09. The first-order chi connectivity index (χ1) is 6.93. The molecule has 1 aromatic rings. The fourth-order valence-corrected chi connectivity index (χ4v) is 2.19. The van der Waals surface area contributed by atoms with E-state index in [1.807, 2.05) is 0 Å². The SMILES string of the molecule is CC(C)C[C@H](N)c1c(Cl)cnc(Cl)c1Cl. The number of nitrogens with zero attached hydrogens (tertiary/aromatic N) is 1. The molecule has 2 N–H and O–H groups in total. The number of hydrogen-bond donors (Lipinski definition) is 1. The molecule has 15 heavy (non-hydrogen) atoms. The van der Waals surface area contributed by atoms with Gasteiger partial charge in [-0.05, 0) is 12.3 Å². The molecular formula is C10H13Cl3N2. The zero-order chi connectivity index (χ0) is 11.6. The van der Waals surface area contributed by atoms with E-state index < -0.39 is 0 Å². The molecule has 5 heteroatoms. The van der Waals surface area contributed by atoms with Crippen molar-refractivity contribution in [2.24, 2.45) is 11.7 Å². The molecule has 84 valence electrons. The van der Waals surface area contributed by atoms with Crippen LogP contribution in [0.5, 0.6) is 0 Å². The molecule has 0 aliphatic carbocycles. The van der Waals surface area contributed by atoms with E-state index in [2.05, 4.69) is 18.8 Å². The largest absolute Gasteiger partial charge is 0.324 e. The van der Waals surface area contributed by atoms with E-state index in [1.165, 1.54) is 6.20 Å². The highest BCUT2D eigenvalue weighted by Gasteiger charge is 2.18. The lowest BCUT2D eigenvalue weighted by Crippen LogP contribution is -2.14. The van der Waals surface area contributed by atoms with Crippen molar-refractivity contribution in [2.45, 2.75) is 26.3 Å². The molecule has 0 aliphatic heterocycles. The Labute approximate surface area is 105 Å². The number of nitrogens with two attached hydrogens (primary N) is 1. The Morgan fingerprint density at radius 2 is 1.93 bits per heavy atom.